The minimum atomic E-state index is -0.177. The summed E-state index contributed by atoms with van der Waals surface area (Å²) in [7, 11) is 0. The molecular weight excluding hydrogens is 564 g/mol. The molecule has 7 heteroatoms. The number of phenols is 1. The van der Waals surface area contributed by atoms with E-state index in [1.807, 2.05) is 36.4 Å². The van der Waals surface area contributed by atoms with Crippen molar-refractivity contribution in [1.29, 1.82) is 0 Å². The number of aliphatic imine (C=N–C) groups is 1. The van der Waals surface area contributed by atoms with Gasteiger partial charge in [0, 0.05) is 10.0 Å². The van der Waals surface area contributed by atoms with Crippen molar-refractivity contribution < 1.29 is 9.90 Å². The molecule has 0 bridgehead atoms. The number of aryl methyl sites for hydroxylation is 2. The smallest absolute Gasteiger partial charge is 0.271 e. The molecule has 1 heterocycles. The number of phenolic OH excluding ortho intramolecular Hbond substituents is 1. The lowest BCUT2D eigenvalue weighted by Crippen LogP contribution is -2.28. The Bertz CT molecular complexity index is 1250. The van der Waals surface area contributed by atoms with Gasteiger partial charge in [-0.2, -0.15) is 0 Å². The van der Waals surface area contributed by atoms with Crippen molar-refractivity contribution in [2.75, 3.05) is 4.90 Å². The van der Waals surface area contributed by atoms with Gasteiger partial charge in [0.05, 0.1) is 20.8 Å². The highest BCUT2D eigenvalue weighted by molar-refractivity contribution is 9.11. The van der Waals surface area contributed by atoms with Gasteiger partial charge >= 0.3 is 0 Å². The van der Waals surface area contributed by atoms with Crippen molar-refractivity contribution in [2.45, 2.75) is 26.7 Å². The van der Waals surface area contributed by atoms with Crippen LogP contribution in [0.15, 0.2) is 79.5 Å². The van der Waals surface area contributed by atoms with Gasteiger partial charge in [0.1, 0.15) is 5.75 Å². The number of carbonyl (C=O) groups excluding carboxylic acids is 1. The first kappa shape index (κ1) is 23.8. The standard InChI is InChI=1S/C26H22Br2N2O2S/c1-3-16-5-9-20(10-6-16)29-26-30(21-11-7-17(4-2)8-12-21)25(32)23(33-26)14-18-13-19(27)15-22(28)24(18)31/h5-15,31H,3-4H2,1-2H3/b23-14-,29-26?. The van der Waals surface area contributed by atoms with Crippen LogP contribution in [-0.4, -0.2) is 16.2 Å². The molecule has 0 radical (unpaired) electrons. The van der Waals surface area contributed by atoms with E-state index in [9.17, 15) is 9.90 Å². The molecule has 0 aromatic heterocycles. The highest BCUT2D eigenvalue weighted by Crippen LogP contribution is 2.40. The number of anilines is 1. The van der Waals surface area contributed by atoms with Crippen LogP contribution < -0.4 is 4.90 Å². The van der Waals surface area contributed by atoms with Gasteiger partial charge in [-0.15, -0.1) is 0 Å². The number of halogens is 2. The Morgan fingerprint density at radius 3 is 2.18 bits per heavy atom. The van der Waals surface area contributed by atoms with Crippen LogP contribution in [0.5, 0.6) is 5.75 Å². The van der Waals surface area contributed by atoms with Gasteiger partial charge in [-0.05, 0) is 94.1 Å². The number of nitrogens with zero attached hydrogens (tertiary/aromatic N) is 2. The second-order valence-corrected chi connectivity index (χ2v) is 10.3. The van der Waals surface area contributed by atoms with Crippen molar-refractivity contribution in [3.8, 4) is 5.75 Å². The predicted octanol–water partition coefficient (Wildman–Crippen LogP) is 7.85. The molecule has 4 rings (SSSR count). The summed E-state index contributed by atoms with van der Waals surface area (Å²) in [6, 6.07) is 19.5. The molecule has 33 heavy (non-hydrogen) atoms. The molecule has 1 N–H and O–H groups in total. The zero-order valence-electron chi connectivity index (χ0n) is 18.2. The molecule has 1 fully saturated rings. The first-order chi connectivity index (χ1) is 15.9. The van der Waals surface area contributed by atoms with Gasteiger partial charge in [0.25, 0.3) is 5.91 Å². The highest BCUT2D eigenvalue weighted by atomic mass is 79.9. The quantitative estimate of drug-likeness (QED) is 0.310. The van der Waals surface area contributed by atoms with Gasteiger partial charge < -0.3 is 5.11 Å². The van der Waals surface area contributed by atoms with Gasteiger partial charge in [-0.25, -0.2) is 4.99 Å². The van der Waals surface area contributed by atoms with Crippen LogP contribution in [0.2, 0.25) is 0 Å². The van der Waals surface area contributed by atoms with Gasteiger partial charge in [0.15, 0.2) is 5.17 Å². The molecule has 0 spiro atoms. The molecule has 0 unspecified atom stereocenters. The third-order valence-electron chi connectivity index (χ3n) is 5.32. The fraction of sp³-hybridized carbons (Fsp3) is 0.154. The molecule has 1 amide bonds. The van der Waals surface area contributed by atoms with E-state index >= 15 is 0 Å². The average molecular weight is 586 g/mol. The third-order valence-corrected chi connectivity index (χ3v) is 7.35. The van der Waals surface area contributed by atoms with E-state index in [-0.39, 0.29) is 11.7 Å². The highest BCUT2D eigenvalue weighted by Gasteiger charge is 2.35. The number of amides is 1. The number of carbonyl (C=O) groups is 1. The Labute approximate surface area is 214 Å². The zero-order chi connectivity index (χ0) is 23.5. The molecule has 0 saturated carbocycles. The van der Waals surface area contributed by atoms with Crippen molar-refractivity contribution in [1.82, 2.24) is 0 Å². The Balaban J connectivity index is 1.78. The lowest BCUT2D eigenvalue weighted by molar-refractivity contribution is -0.113. The number of hydrogen-bond donors (Lipinski definition) is 1. The molecule has 0 aliphatic carbocycles. The van der Waals surface area contributed by atoms with Crippen LogP contribution in [0.1, 0.15) is 30.5 Å². The first-order valence-corrected chi connectivity index (χ1v) is 13.0. The maximum atomic E-state index is 13.5. The lowest BCUT2D eigenvalue weighted by atomic mass is 10.1. The number of hydrogen-bond acceptors (Lipinski definition) is 4. The van der Waals surface area contributed by atoms with Crippen molar-refractivity contribution in [3.05, 3.63) is 91.2 Å². The monoisotopic (exact) mass is 584 g/mol. The number of thioether (sulfide) groups is 1. The minimum Gasteiger partial charge on any atom is -0.506 e. The fourth-order valence-electron chi connectivity index (χ4n) is 3.41. The molecule has 1 saturated heterocycles. The molecule has 4 nitrogen and oxygen atoms in total. The Kier molecular flexibility index (Phi) is 7.41. The summed E-state index contributed by atoms with van der Waals surface area (Å²) in [6.45, 7) is 4.21. The SMILES string of the molecule is CCc1ccc(N=C2S/C(=C\c3cc(Br)cc(Br)c3O)C(=O)N2c2ccc(CC)cc2)cc1. The van der Waals surface area contributed by atoms with E-state index in [4.69, 9.17) is 4.99 Å². The second kappa shape index (κ2) is 10.3. The summed E-state index contributed by atoms with van der Waals surface area (Å²) in [6.07, 6.45) is 3.59. The first-order valence-electron chi connectivity index (χ1n) is 10.6. The molecule has 3 aromatic carbocycles. The molecule has 3 aromatic rings. The number of rotatable bonds is 5. The zero-order valence-corrected chi connectivity index (χ0v) is 22.2. The van der Waals surface area contributed by atoms with Crippen LogP contribution in [0.4, 0.5) is 11.4 Å². The molecule has 168 valence electrons. The van der Waals surface area contributed by atoms with E-state index in [0.717, 1.165) is 28.7 Å². The van der Waals surface area contributed by atoms with E-state index in [1.165, 1.54) is 22.9 Å². The molecule has 1 aliphatic heterocycles. The third kappa shape index (κ3) is 5.26. The van der Waals surface area contributed by atoms with Crippen molar-refractivity contribution >= 4 is 72.1 Å². The maximum Gasteiger partial charge on any atom is 0.271 e. The Morgan fingerprint density at radius 1 is 0.970 bits per heavy atom. The van der Waals surface area contributed by atoms with Crippen LogP contribution in [0.25, 0.3) is 6.08 Å². The van der Waals surface area contributed by atoms with Crippen molar-refractivity contribution in [2.24, 2.45) is 4.99 Å². The Morgan fingerprint density at radius 2 is 1.58 bits per heavy atom. The summed E-state index contributed by atoms with van der Waals surface area (Å²) in [5.74, 6) is -0.0952. The second-order valence-electron chi connectivity index (χ2n) is 7.51. The summed E-state index contributed by atoms with van der Waals surface area (Å²) in [4.78, 5) is 20.4. The van der Waals surface area contributed by atoms with E-state index < -0.39 is 0 Å². The van der Waals surface area contributed by atoms with E-state index in [0.29, 0.717) is 20.1 Å². The number of benzene rings is 3. The summed E-state index contributed by atoms with van der Waals surface area (Å²) in [5.41, 5.74) is 4.52. The predicted molar refractivity (Wildman–Crippen MR) is 145 cm³/mol. The maximum absolute atomic E-state index is 13.5. The van der Waals surface area contributed by atoms with Gasteiger partial charge in [-0.1, -0.05) is 54.0 Å². The molecule has 0 atom stereocenters. The van der Waals surface area contributed by atoms with Crippen LogP contribution in [-0.2, 0) is 17.6 Å². The number of aromatic hydroxyl groups is 1. The van der Waals surface area contributed by atoms with E-state index in [2.05, 4.69) is 57.8 Å². The normalized spacial score (nSPS) is 16.2. The fourth-order valence-corrected chi connectivity index (χ4v) is 5.66. The summed E-state index contributed by atoms with van der Waals surface area (Å²) < 4.78 is 1.35. The average Bonchev–Trinajstić information content (AvgIpc) is 3.12. The minimum absolute atomic E-state index is 0.0819. The van der Waals surface area contributed by atoms with Crippen LogP contribution in [0.3, 0.4) is 0 Å². The topological polar surface area (TPSA) is 52.9 Å². The molecule has 1 aliphatic rings. The largest absolute Gasteiger partial charge is 0.506 e. The van der Waals surface area contributed by atoms with Crippen molar-refractivity contribution in [3.63, 3.8) is 0 Å². The lowest BCUT2D eigenvalue weighted by Gasteiger charge is -2.16. The van der Waals surface area contributed by atoms with Crippen LogP contribution in [0, 0.1) is 0 Å². The summed E-state index contributed by atoms with van der Waals surface area (Å²) in [5, 5.41) is 11.1. The summed E-state index contributed by atoms with van der Waals surface area (Å²) >= 11 is 8.10. The molecular formula is C26H22Br2N2O2S. The van der Waals surface area contributed by atoms with Gasteiger partial charge in [-0.3, -0.25) is 9.69 Å². The van der Waals surface area contributed by atoms with Crippen LogP contribution >= 0.6 is 43.6 Å². The van der Waals surface area contributed by atoms with Gasteiger partial charge in [0.2, 0.25) is 0 Å². The van der Waals surface area contributed by atoms with E-state index in [1.54, 1.807) is 23.1 Å². The Hall–Kier alpha value is -2.35. The number of amidine groups is 1.